The maximum atomic E-state index is 4.65. The van der Waals surface area contributed by atoms with Gasteiger partial charge in [-0.2, -0.15) is 0 Å². The first kappa shape index (κ1) is 45.2. The van der Waals surface area contributed by atoms with Crippen molar-refractivity contribution in [1.82, 2.24) is 19.4 Å². The summed E-state index contributed by atoms with van der Waals surface area (Å²) in [4.78, 5) is 9.27. The van der Waals surface area contributed by atoms with Crippen molar-refractivity contribution in [3.63, 3.8) is 0 Å². The Hall–Kier alpha value is -1.16. The molecule has 0 fully saturated rings. The van der Waals surface area contributed by atoms with Gasteiger partial charge in [0.25, 0.3) is 0 Å². The van der Waals surface area contributed by atoms with Crippen molar-refractivity contribution in [2.75, 3.05) is 13.1 Å². The number of hydrogen-bond donors (Lipinski definition) is 2. The van der Waals surface area contributed by atoms with Gasteiger partial charge in [-0.25, -0.2) is 9.97 Å². The van der Waals surface area contributed by atoms with E-state index in [1.165, 1.54) is 176 Å². The quantitative estimate of drug-likeness (QED) is 0.0380. The van der Waals surface area contributed by atoms with Gasteiger partial charge >= 0.3 is 0 Å². The van der Waals surface area contributed by atoms with Gasteiger partial charge in [0.1, 0.15) is 0 Å². The predicted octanol–water partition coefficient (Wildman–Crippen LogP) is 16.0. The summed E-state index contributed by atoms with van der Waals surface area (Å²) in [5.74, 6) is 0. The Kier molecular flexibility index (Phi) is 27.9. The number of thiazole rings is 2. The molecule has 2 N–H and O–H groups in total. The van der Waals surface area contributed by atoms with E-state index in [1.54, 1.807) is 46.6 Å². The Morgan fingerprint density at radius 2 is 0.692 bits per heavy atom. The lowest BCUT2D eigenvalue weighted by atomic mass is 10.0. The molecule has 52 heavy (non-hydrogen) atoms. The van der Waals surface area contributed by atoms with Crippen LogP contribution in [0.4, 0.5) is 0 Å². The molecule has 0 spiro atoms. The molecule has 0 bridgehead atoms. The Balaban J connectivity index is 0.000000288. The molecule has 4 nitrogen and oxygen atoms in total. The summed E-state index contributed by atoms with van der Waals surface area (Å²) in [5, 5.41) is 0. The van der Waals surface area contributed by atoms with Gasteiger partial charge in [0.15, 0.2) is 8.68 Å². The van der Waals surface area contributed by atoms with Crippen LogP contribution >= 0.6 is 46.6 Å². The van der Waals surface area contributed by atoms with Gasteiger partial charge in [0.05, 0.1) is 20.4 Å². The summed E-state index contributed by atoms with van der Waals surface area (Å²) >= 11 is 6.92. The van der Waals surface area contributed by atoms with E-state index in [-0.39, 0.29) is 0 Å². The highest BCUT2D eigenvalue weighted by atomic mass is 32.2. The minimum atomic E-state index is 1.08. The summed E-state index contributed by atoms with van der Waals surface area (Å²) in [5.41, 5.74) is 2.23. The molecule has 0 aliphatic carbocycles. The Morgan fingerprint density at radius 3 is 1.00 bits per heavy atom. The van der Waals surface area contributed by atoms with Crippen molar-refractivity contribution in [1.29, 1.82) is 0 Å². The van der Waals surface area contributed by atoms with Crippen molar-refractivity contribution < 1.29 is 0 Å². The predicted molar refractivity (Wildman–Crippen MR) is 238 cm³/mol. The fourth-order valence-corrected chi connectivity index (χ4v) is 10.1. The van der Waals surface area contributed by atoms with Crippen molar-refractivity contribution in [2.24, 2.45) is 0 Å². The first-order chi connectivity index (χ1) is 25.8. The molecule has 0 unspecified atom stereocenters. The molecular formula is C44H72N4S4. The lowest BCUT2D eigenvalue weighted by Crippen LogP contribution is -2.04. The third-order valence-corrected chi connectivity index (χ3v) is 13.5. The number of fused-ring (bicyclic) bond motifs is 2. The fourth-order valence-electron chi connectivity index (χ4n) is 6.44. The van der Waals surface area contributed by atoms with E-state index in [2.05, 4.69) is 75.7 Å². The molecular weight excluding hydrogens is 713 g/mol. The normalized spacial score (nSPS) is 11.4. The van der Waals surface area contributed by atoms with Crippen molar-refractivity contribution in [3.05, 3.63) is 48.5 Å². The van der Waals surface area contributed by atoms with Gasteiger partial charge in [0, 0.05) is 13.1 Å². The standard InChI is InChI=1S/C25H42N2S2.C19H30N2S2/c1-2-3-4-5-6-7-8-9-10-11-12-13-14-15-16-19-22-26-29-25-27-23-20-17-18-21-24(23)28-25;1-2-3-4-5-6-7-8-9-10-13-16-20-23-19-21-17-14-11-12-15-18(17)22-19/h17-18,20-21,26H,2-16,19,22H2,1H3;11-12,14-15,20H,2-10,13,16H2,1H3. The molecule has 2 aromatic carbocycles. The number of nitrogens with zero attached hydrogens (tertiary/aromatic N) is 2. The number of unbranched alkanes of at least 4 members (excludes halogenated alkanes) is 24. The number of rotatable bonds is 32. The number of aromatic nitrogens is 2. The maximum absolute atomic E-state index is 4.65. The maximum Gasteiger partial charge on any atom is 0.166 e. The number of hydrogen-bond acceptors (Lipinski definition) is 8. The lowest BCUT2D eigenvalue weighted by molar-refractivity contribution is 0.529. The van der Waals surface area contributed by atoms with Crippen LogP contribution in [-0.2, 0) is 0 Å². The molecule has 4 aromatic rings. The monoisotopic (exact) mass is 784 g/mol. The van der Waals surface area contributed by atoms with Gasteiger partial charge in [-0.05, 0) is 61.0 Å². The van der Waals surface area contributed by atoms with E-state index in [0.717, 1.165) is 32.8 Å². The second-order valence-corrected chi connectivity index (χ2v) is 18.7. The van der Waals surface area contributed by atoms with E-state index < -0.39 is 0 Å². The molecule has 2 heterocycles. The summed E-state index contributed by atoms with van der Waals surface area (Å²) < 4.78 is 11.7. The largest absolute Gasteiger partial charge is 0.258 e. The topological polar surface area (TPSA) is 49.8 Å². The first-order valence-corrected chi connectivity index (χ1v) is 24.6. The Labute approximate surface area is 335 Å². The minimum absolute atomic E-state index is 1.08. The van der Waals surface area contributed by atoms with Crippen LogP contribution in [-0.4, -0.2) is 23.1 Å². The van der Waals surface area contributed by atoms with Crippen LogP contribution in [0.5, 0.6) is 0 Å². The second kappa shape index (κ2) is 32.1. The lowest BCUT2D eigenvalue weighted by Gasteiger charge is -2.04. The van der Waals surface area contributed by atoms with Crippen LogP contribution in [0.15, 0.2) is 57.2 Å². The van der Waals surface area contributed by atoms with Crippen LogP contribution in [0, 0.1) is 0 Å². The van der Waals surface area contributed by atoms with Gasteiger partial charge in [0.2, 0.25) is 0 Å². The molecule has 292 valence electrons. The van der Waals surface area contributed by atoms with E-state index in [1.807, 2.05) is 6.07 Å². The SMILES string of the molecule is CCCCCCCCCCCCCCCCCCNSc1nc2ccccc2s1.CCCCCCCCCCCCNSc1nc2ccccc2s1. The van der Waals surface area contributed by atoms with Crippen LogP contribution in [0.2, 0.25) is 0 Å². The highest BCUT2D eigenvalue weighted by molar-refractivity contribution is 7.99. The van der Waals surface area contributed by atoms with Crippen molar-refractivity contribution in [2.45, 2.75) is 189 Å². The highest BCUT2D eigenvalue weighted by Crippen LogP contribution is 2.28. The Morgan fingerprint density at radius 1 is 0.404 bits per heavy atom. The molecule has 4 rings (SSSR count). The van der Waals surface area contributed by atoms with Crippen LogP contribution in [0.25, 0.3) is 20.4 Å². The van der Waals surface area contributed by atoms with Gasteiger partial charge < -0.3 is 0 Å². The summed E-state index contributed by atoms with van der Waals surface area (Å²) in [6.07, 6.45) is 36.7. The molecule has 0 saturated heterocycles. The summed E-state index contributed by atoms with van der Waals surface area (Å²) in [6, 6.07) is 16.7. The van der Waals surface area contributed by atoms with Gasteiger partial charge in [-0.15, -0.1) is 22.7 Å². The molecule has 0 atom stereocenters. The smallest absolute Gasteiger partial charge is 0.166 e. The molecule has 0 aliphatic rings. The molecule has 8 heteroatoms. The number of benzene rings is 2. The molecule has 2 aromatic heterocycles. The van der Waals surface area contributed by atoms with Crippen molar-refractivity contribution in [3.8, 4) is 0 Å². The summed E-state index contributed by atoms with van der Waals surface area (Å²) in [6.45, 7) is 6.74. The zero-order valence-corrected chi connectivity index (χ0v) is 36.2. The number of nitrogens with one attached hydrogen (secondary N) is 2. The van der Waals surface area contributed by atoms with Gasteiger partial charge in [-0.3, -0.25) is 9.44 Å². The van der Waals surface area contributed by atoms with E-state index >= 15 is 0 Å². The zero-order valence-electron chi connectivity index (χ0n) is 32.9. The van der Waals surface area contributed by atoms with Crippen LogP contribution in [0.1, 0.15) is 181 Å². The Bertz CT molecular complexity index is 1310. The van der Waals surface area contributed by atoms with E-state index in [4.69, 9.17) is 0 Å². The average Bonchev–Trinajstić information content (AvgIpc) is 3.79. The molecule has 0 amide bonds. The average molecular weight is 785 g/mol. The highest BCUT2D eigenvalue weighted by Gasteiger charge is 2.04. The summed E-state index contributed by atoms with van der Waals surface area (Å²) in [7, 11) is 0. The first-order valence-electron chi connectivity index (χ1n) is 21.3. The van der Waals surface area contributed by atoms with E-state index in [9.17, 15) is 0 Å². The molecule has 0 radical (unpaired) electrons. The molecule has 0 aliphatic heterocycles. The third kappa shape index (κ3) is 22.3. The van der Waals surface area contributed by atoms with Crippen molar-refractivity contribution >= 4 is 67.0 Å². The number of para-hydroxylation sites is 2. The second-order valence-electron chi connectivity index (χ2n) is 14.4. The van der Waals surface area contributed by atoms with Gasteiger partial charge in [-0.1, -0.05) is 192 Å². The van der Waals surface area contributed by atoms with E-state index in [0.29, 0.717) is 0 Å². The minimum Gasteiger partial charge on any atom is -0.258 e. The molecule has 0 saturated carbocycles. The third-order valence-electron chi connectivity index (χ3n) is 9.63. The zero-order chi connectivity index (χ0) is 36.6. The fraction of sp³-hybridized carbons (Fsp3) is 0.682. The van der Waals surface area contributed by atoms with Crippen LogP contribution < -0.4 is 9.44 Å². The van der Waals surface area contributed by atoms with Crippen LogP contribution in [0.3, 0.4) is 0 Å².